The summed E-state index contributed by atoms with van der Waals surface area (Å²) in [6.45, 7) is 5.37. The number of hydrogen-bond acceptors (Lipinski definition) is 3. The van der Waals surface area contributed by atoms with Gasteiger partial charge in [0.05, 0.1) is 20.3 Å². The highest BCUT2D eigenvalue weighted by Gasteiger charge is 2.16. The minimum absolute atomic E-state index is 0.171. The third kappa shape index (κ3) is 1.88. The van der Waals surface area contributed by atoms with Crippen LogP contribution in [0.15, 0.2) is 23.2 Å². The normalized spacial score (nSPS) is 15.7. The van der Waals surface area contributed by atoms with E-state index in [4.69, 9.17) is 4.78 Å². The Morgan fingerprint density at radius 2 is 2.15 bits per heavy atom. The fourth-order valence-electron chi connectivity index (χ4n) is 1.04. The van der Waals surface area contributed by atoms with Crippen LogP contribution in [0.25, 0.3) is 0 Å². The van der Waals surface area contributed by atoms with Crippen molar-refractivity contribution in [3.05, 3.63) is 24.0 Å². The maximum Gasteiger partial charge on any atom is 0.0767 e. The molecule has 1 aromatic heterocycles. The molecule has 0 aliphatic carbocycles. The SMILES string of the molecule is Cc1ncccc1S(=N)(=O)C(C)C. The molecule has 1 unspecified atom stereocenters. The van der Waals surface area contributed by atoms with Gasteiger partial charge in [-0.05, 0) is 32.9 Å². The van der Waals surface area contributed by atoms with E-state index in [2.05, 4.69) is 4.98 Å². The quantitative estimate of drug-likeness (QED) is 0.792. The van der Waals surface area contributed by atoms with E-state index in [1.807, 2.05) is 0 Å². The van der Waals surface area contributed by atoms with E-state index in [0.29, 0.717) is 10.6 Å². The Balaban J connectivity index is 3.32. The van der Waals surface area contributed by atoms with Gasteiger partial charge in [-0.2, -0.15) is 0 Å². The Hall–Kier alpha value is -0.900. The van der Waals surface area contributed by atoms with Gasteiger partial charge in [0.25, 0.3) is 0 Å². The fraction of sp³-hybridized carbons (Fsp3) is 0.444. The summed E-state index contributed by atoms with van der Waals surface area (Å²) in [5.74, 6) is 0. The van der Waals surface area contributed by atoms with Crippen LogP contribution in [0, 0.1) is 11.7 Å². The zero-order valence-corrected chi connectivity index (χ0v) is 8.89. The molecule has 1 aromatic rings. The van der Waals surface area contributed by atoms with Crippen molar-refractivity contribution in [2.45, 2.75) is 30.9 Å². The molecule has 0 saturated heterocycles. The van der Waals surface area contributed by atoms with Gasteiger partial charge in [-0.3, -0.25) is 4.98 Å². The van der Waals surface area contributed by atoms with E-state index < -0.39 is 9.73 Å². The molecular formula is C9H14N2OS. The molecule has 1 rings (SSSR count). The second-order valence-electron chi connectivity index (χ2n) is 3.24. The van der Waals surface area contributed by atoms with Gasteiger partial charge < -0.3 is 0 Å². The van der Waals surface area contributed by atoms with Crippen LogP contribution in [-0.4, -0.2) is 14.4 Å². The Morgan fingerprint density at radius 1 is 1.54 bits per heavy atom. The first-order valence-corrected chi connectivity index (χ1v) is 5.77. The molecule has 0 fully saturated rings. The molecule has 1 N–H and O–H groups in total. The number of hydrogen-bond donors (Lipinski definition) is 1. The molecule has 3 nitrogen and oxygen atoms in total. The van der Waals surface area contributed by atoms with E-state index >= 15 is 0 Å². The van der Waals surface area contributed by atoms with Gasteiger partial charge >= 0.3 is 0 Å². The second kappa shape index (κ2) is 3.46. The summed E-state index contributed by atoms with van der Waals surface area (Å²) >= 11 is 0. The van der Waals surface area contributed by atoms with Crippen molar-refractivity contribution in [1.29, 1.82) is 4.78 Å². The first kappa shape index (κ1) is 10.2. The molecule has 0 bridgehead atoms. The van der Waals surface area contributed by atoms with Gasteiger partial charge in [0.2, 0.25) is 0 Å². The zero-order chi connectivity index (χ0) is 10.1. The molecule has 13 heavy (non-hydrogen) atoms. The standard InChI is InChI=1S/C9H14N2OS/c1-7(2)13(10,12)9-5-4-6-11-8(9)3/h4-7,10H,1-3H3. The smallest absolute Gasteiger partial charge is 0.0767 e. The molecule has 0 amide bonds. The second-order valence-corrected chi connectivity index (χ2v) is 5.82. The molecule has 0 aromatic carbocycles. The number of pyridine rings is 1. The summed E-state index contributed by atoms with van der Waals surface area (Å²) in [5, 5.41) is -0.171. The summed E-state index contributed by atoms with van der Waals surface area (Å²) < 4.78 is 19.7. The van der Waals surface area contributed by atoms with Gasteiger partial charge in [0.1, 0.15) is 0 Å². The lowest BCUT2D eigenvalue weighted by atomic mass is 10.4. The van der Waals surface area contributed by atoms with Gasteiger partial charge in [0.15, 0.2) is 0 Å². The molecule has 4 heteroatoms. The summed E-state index contributed by atoms with van der Waals surface area (Å²) in [5.41, 5.74) is 0.691. The van der Waals surface area contributed by atoms with Crippen LogP contribution in [0.1, 0.15) is 19.5 Å². The lowest BCUT2D eigenvalue weighted by molar-refractivity contribution is 0.666. The number of aryl methyl sites for hydroxylation is 1. The van der Waals surface area contributed by atoms with Crippen molar-refractivity contribution in [2.24, 2.45) is 0 Å². The Kier molecular flexibility index (Phi) is 2.71. The number of nitrogens with one attached hydrogen (secondary N) is 1. The maximum absolute atomic E-state index is 11.9. The van der Waals surface area contributed by atoms with E-state index in [1.54, 1.807) is 39.1 Å². The third-order valence-electron chi connectivity index (χ3n) is 1.95. The van der Waals surface area contributed by atoms with Gasteiger partial charge in [-0.15, -0.1) is 0 Å². The summed E-state index contributed by atoms with van der Waals surface area (Å²) in [6, 6.07) is 3.44. The van der Waals surface area contributed by atoms with E-state index in [9.17, 15) is 4.21 Å². The van der Waals surface area contributed by atoms with Crippen molar-refractivity contribution in [3.63, 3.8) is 0 Å². The first-order valence-electron chi connectivity index (χ1n) is 4.15. The molecule has 0 saturated carbocycles. The van der Waals surface area contributed by atoms with Gasteiger partial charge in [-0.1, -0.05) is 0 Å². The molecule has 0 aliphatic rings. The topological polar surface area (TPSA) is 53.8 Å². The van der Waals surface area contributed by atoms with Crippen LogP contribution in [0.4, 0.5) is 0 Å². The maximum atomic E-state index is 11.9. The van der Waals surface area contributed by atoms with Crippen molar-refractivity contribution in [1.82, 2.24) is 4.98 Å². The predicted octanol–water partition coefficient (Wildman–Crippen LogP) is 2.20. The third-order valence-corrected chi connectivity index (χ3v) is 4.36. The fourth-order valence-corrected chi connectivity index (χ4v) is 2.32. The Labute approximate surface area is 79.2 Å². The zero-order valence-electron chi connectivity index (χ0n) is 8.07. The predicted molar refractivity (Wildman–Crippen MR) is 53.2 cm³/mol. The molecule has 1 atom stereocenters. The van der Waals surface area contributed by atoms with Crippen LogP contribution in [0.2, 0.25) is 0 Å². The highest BCUT2D eigenvalue weighted by Crippen LogP contribution is 2.18. The first-order chi connectivity index (χ1) is 5.96. The lowest BCUT2D eigenvalue weighted by Crippen LogP contribution is -2.14. The summed E-state index contributed by atoms with van der Waals surface area (Å²) in [7, 11) is -2.67. The van der Waals surface area contributed by atoms with Crippen LogP contribution in [0.5, 0.6) is 0 Å². The van der Waals surface area contributed by atoms with E-state index in [-0.39, 0.29) is 5.25 Å². The van der Waals surface area contributed by atoms with Crippen LogP contribution < -0.4 is 0 Å². The van der Waals surface area contributed by atoms with Crippen LogP contribution >= 0.6 is 0 Å². The van der Waals surface area contributed by atoms with Gasteiger partial charge in [0, 0.05) is 11.4 Å². The number of rotatable bonds is 2. The van der Waals surface area contributed by atoms with Crippen molar-refractivity contribution in [2.75, 3.05) is 0 Å². The summed E-state index contributed by atoms with van der Waals surface area (Å²) in [6.07, 6.45) is 1.65. The largest absolute Gasteiger partial charge is 0.260 e. The van der Waals surface area contributed by atoms with E-state index in [1.165, 1.54) is 0 Å². The number of aromatic nitrogens is 1. The Morgan fingerprint density at radius 3 is 2.62 bits per heavy atom. The molecular weight excluding hydrogens is 184 g/mol. The molecule has 0 spiro atoms. The highest BCUT2D eigenvalue weighted by molar-refractivity contribution is 7.93. The Bertz CT molecular complexity index is 396. The average Bonchev–Trinajstić information content (AvgIpc) is 2.04. The van der Waals surface area contributed by atoms with Gasteiger partial charge in [-0.25, -0.2) is 8.99 Å². The van der Waals surface area contributed by atoms with Crippen molar-refractivity contribution in [3.8, 4) is 0 Å². The number of nitrogens with zero attached hydrogens (tertiary/aromatic N) is 1. The lowest BCUT2D eigenvalue weighted by Gasteiger charge is -2.12. The van der Waals surface area contributed by atoms with E-state index in [0.717, 1.165) is 0 Å². The van der Waals surface area contributed by atoms with Crippen molar-refractivity contribution < 1.29 is 4.21 Å². The minimum atomic E-state index is -2.67. The monoisotopic (exact) mass is 198 g/mol. The molecule has 0 aliphatic heterocycles. The average molecular weight is 198 g/mol. The highest BCUT2D eigenvalue weighted by atomic mass is 32.2. The molecule has 0 radical (unpaired) electrons. The summed E-state index contributed by atoms with van der Waals surface area (Å²) in [4.78, 5) is 4.59. The minimum Gasteiger partial charge on any atom is -0.260 e. The molecule has 72 valence electrons. The van der Waals surface area contributed by atoms with Crippen LogP contribution in [0.3, 0.4) is 0 Å². The van der Waals surface area contributed by atoms with Crippen LogP contribution in [-0.2, 0) is 9.73 Å². The van der Waals surface area contributed by atoms with Crippen molar-refractivity contribution >= 4 is 9.73 Å². The molecule has 1 heterocycles.